The first-order chi connectivity index (χ1) is 16.3. The van der Waals surface area contributed by atoms with Gasteiger partial charge in [-0.05, 0) is 35.0 Å². The summed E-state index contributed by atoms with van der Waals surface area (Å²) in [6, 6.07) is 9.01. The van der Waals surface area contributed by atoms with Crippen molar-refractivity contribution in [3.63, 3.8) is 0 Å². The molecule has 8 nitrogen and oxygen atoms in total. The number of ether oxygens (including phenoxy) is 4. The number of hydrogen-bond donors (Lipinski definition) is 0. The van der Waals surface area contributed by atoms with Gasteiger partial charge in [0.2, 0.25) is 0 Å². The number of carbonyl (C=O) groups excluding carboxylic acids is 4. The van der Waals surface area contributed by atoms with E-state index in [2.05, 4.69) is 26.3 Å². The first kappa shape index (κ1) is 23.7. The third kappa shape index (κ3) is 5.08. The summed E-state index contributed by atoms with van der Waals surface area (Å²) in [7, 11) is 0. The first-order valence-electron chi connectivity index (χ1n) is 9.71. The van der Waals surface area contributed by atoms with E-state index in [9.17, 15) is 19.2 Å². The first-order valence-corrected chi connectivity index (χ1v) is 9.71. The van der Waals surface area contributed by atoms with Crippen LogP contribution >= 0.6 is 0 Å². The molecule has 0 amide bonds. The Morgan fingerprint density at radius 1 is 0.500 bits per heavy atom. The van der Waals surface area contributed by atoms with Crippen LogP contribution in [0.5, 0.6) is 23.0 Å². The number of rotatable bonds is 8. The minimum Gasteiger partial charge on any atom is -0.423 e. The predicted molar refractivity (Wildman–Crippen MR) is 125 cm³/mol. The van der Waals surface area contributed by atoms with Crippen molar-refractivity contribution in [2.24, 2.45) is 0 Å². The second kappa shape index (κ2) is 10.1. The van der Waals surface area contributed by atoms with Crippen LogP contribution in [0.2, 0.25) is 0 Å². The molecule has 170 valence electrons. The molecule has 0 aliphatic carbocycles. The molecule has 0 aliphatic rings. The average Bonchev–Trinajstić information content (AvgIpc) is 2.83. The van der Waals surface area contributed by atoms with Crippen LogP contribution in [0.1, 0.15) is 0 Å². The van der Waals surface area contributed by atoms with E-state index >= 15 is 0 Å². The van der Waals surface area contributed by atoms with Gasteiger partial charge in [-0.25, -0.2) is 19.2 Å². The number of fused-ring (bicyclic) bond motifs is 3. The van der Waals surface area contributed by atoms with Crippen LogP contribution in [-0.2, 0) is 19.2 Å². The van der Waals surface area contributed by atoms with Crippen molar-refractivity contribution in [1.29, 1.82) is 0 Å². The standard InChI is InChI=1S/C26H18O8/c1-5-23(27)31-15-11-19-17(21(13-15)33-25(29)7-3)9-10-18-20(19)12-16(32-24(28)6-2)14-22(18)34-26(30)8-4/h5-14H,1-4H2. The molecule has 0 N–H and O–H groups in total. The van der Waals surface area contributed by atoms with Crippen LogP contribution in [0, 0.1) is 0 Å². The van der Waals surface area contributed by atoms with E-state index in [1.807, 2.05) is 0 Å². The summed E-state index contributed by atoms with van der Waals surface area (Å²) in [5, 5.41) is 1.78. The molecule has 0 saturated carbocycles. The Morgan fingerprint density at radius 3 is 1.15 bits per heavy atom. The molecule has 0 aromatic heterocycles. The molecule has 0 bridgehead atoms. The van der Waals surface area contributed by atoms with E-state index in [4.69, 9.17) is 18.9 Å². The van der Waals surface area contributed by atoms with Crippen molar-refractivity contribution >= 4 is 45.4 Å². The maximum atomic E-state index is 11.9. The second-order valence-electron chi connectivity index (χ2n) is 6.60. The smallest absolute Gasteiger partial charge is 0.335 e. The minimum atomic E-state index is -0.734. The van der Waals surface area contributed by atoms with Crippen molar-refractivity contribution in [3.05, 3.63) is 87.0 Å². The van der Waals surface area contributed by atoms with Gasteiger partial charge in [-0.15, -0.1) is 0 Å². The van der Waals surface area contributed by atoms with Gasteiger partial charge in [0.1, 0.15) is 23.0 Å². The predicted octanol–water partition coefficient (Wildman–Crippen LogP) is 4.36. The summed E-state index contributed by atoms with van der Waals surface area (Å²) >= 11 is 0. The van der Waals surface area contributed by atoms with Crippen LogP contribution in [-0.4, -0.2) is 23.9 Å². The molecule has 3 aromatic carbocycles. The molecular weight excluding hydrogens is 440 g/mol. The topological polar surface area (TPSA) is 105 Å². The Bertz CT molecular complexity index is 1290. The van der Waals surface area contributed by atoms with E-state index in [0.29, 0.717) is 21.5 Å². The van der Waals surface area contributed by atoms with Crippen LogP contribution < -0.4 is 18.9 Å². The minimum absolute atomic E-state index is 0.0508. The largest absolute Gasteiger partial charge is 0.423 e. The third-order valence-corrected chi connectivity index (χ3v) is 4.46. The van der Waals surface area contributed by atoms with Crippen molar-refractivity contribution in [3.8, 4) is 23.0 Å². The highest BCUT2D eigenvalue weighted by Gasteiger charge is 2.17. The molecule has 8 heteroatoms. The molecule has 0 heterocycles. The number of benzene rings is 3. The van der Waals surface area contributed by atoms with E-state index in [-0.39, 0.29) is 23.0 Å². The van der Waals surface area contributed by atoms with Crippen LogP contribution in [0.3, 0.4) is 0 Å². The van der Waals surface area contributed by atoms with Gasteiger partial charge in [0.05, 0.1) is 0 Å². The third-order valence-electron chi connectivity index (χ3n) is 4.46. The van der Waals surface area contributed by atoms with Gasteiger partial charge in [-0.2, -0.15) is 0 Å². The van der Waals surface area contributed by atoms with Crippen LogP contribution in [0.4, 0.5) is 0 Å². The van der Waals surface area contributed by atoms with Gasteiger partial charge in [0.25, 0.3) is 0 Å². The maximum absolute atomic E-state index is 11.9. The molecule has 0 fully saturated rings. The summed E-state index contributed by atoms with van der Waals surface area (Å²) in [6.45, 7) is 13.5. The number of hydrogen-bond acceptors (Lipinski definition) is 8. The molecule has 34 heavy (non-hydrogen) atoms. The molecule has 0 unspecified atom stereocenters. The zero-order valence-corrected chi connectivity index (χ0v) is 17.9. The summed E-state index contributed by atoms with van der Waals surface area (Å²) in [5.74, 6) is -2.68. The molecular formula is C26H18O8. The van der Waals surface area contributed by atoms with Crippen molar-refractivity contribution < 1.29 is 38.1 Å². The Morgan fingerprint density at radius 2 is 0.824 bits per heavy atom. The molecule has 0 aliphatic heterocycles. The SMILES string of the molecule is C=CC(=O)Oc1cc(OC(=O)C=C)c2ccc3c(OC(=O)C=C)cc(OC(=O)C=C)cc3c2c1. The van der Waals surface area contributed by atoms with Gasteiger partial charge < -0.3 is 18.9 Å². The Kier molecular flexibility index (Phi) is 7.03. The Hall–Kier alpha value is -4.98. The lowest BCUT2D eigenvalue weighted by atomic mass is 10.00. The second-order valence-corrected chi connectivity index (χ2v) is 6.60. The fourth-order valence-electron chi connectivity index (χ4n) is 3.06. The van der Waals surface area contributed by atoms with E-state index in [1.165, 1.54) is 24.3 Å². The summed E-state index contributed by atoms with van der Waals surface area (Å²) in [5.41, 5.74) is 0. The Balaban J connectivity index is 2.37. The van der Waals surface area contributed by atoms with Gasteiger partial charge >= 0.3 is 23.9 Å². The fraction of sp³-hybridized carbons (Fsp3) is 0. The van der Waals surface area contributed by atoms with Crippen molar-refractivity contribution in [2.75, 3.05) is 0 Å². The van der Waals surface area contributed by atoms with Crippen molar-refractivity contribution in [1.82, 2.24) is 0 Å². The number of esters is 4. The Labute approximate surface area is 194 Å². The maximum Gasteiger partial charge on any atom is 0.335 e. The van der Waals surface area contributed by atoms with Gasteiger partial charge in [-0.1, -0.05) is 26.3 Å². The summed E-state index contributed by atoms with van der Waals surface area (Å²) < 4.78 is 21.1. The highest BCUT2D eigenvalue weighted by molar-refractivity contribution is 6.13. The van der Waals surface area contributed by atoms with Crippen LogP contribution in [0.25, 0.3) is 21.5 Å². The van der Waals surface area contributed by atoms with Gasteiger partial charge in [0.15, 0.2) is 0 Å². The van der Waals surface area contributed by atoms with E-state index in [0.717, 1.165) is 24.3 Å². The monoisotopic (exact) mass is 458 g/mol. The average molecular weight is 458 g/mol. The van der Waals surface area contributed by atoms with Gasteiger partial charge in [0, 0.05) is 47.2 Å². The molecule has 0 spiro atoms. The highest BCUT2D eigenvalue weighted by Crippen LogP contribution is 2.41. The molecule has 0 saturated heterocycles. The normalized spacial score (nSPS) is 10.1. The van der Waals surface area contributed by atoms with Crippen LogP contribution in [0.15, 0.2) is 87.0 Å². The zero-order valence-electron chi connectivity index (χ0n) is 17.9. The van der Waals surface area contributed by atoms with Crippen molar-refractivity contribution in [2.45, 2.75) is 0 Å². The quantitative estimate of drug-likeness (QED) is 0.212. The fourth-order valence-corrected chi connectivity index (χ4v) is 3.06. The lowest BCUT2D eigenvalue weighted by Crippen LogP contribution is -2.07. The van der Waals surface area contributed by atoms with E-state index < -0.39 is 23.9 Å². The molecule has 0 radical (unpaired) electrons. The summed E-state index contributed by atoms with van der Waals surface area (Å²) in [4.78, 5) is 47.4. The lowest BCUT2D eigenvalue weighted by Gasteiger charge is -2.14. The lowest BCUT2D eigenvalue weighted by molar-refractivity contribution is -0.130. The summed E-state index contributed by atoms with van der Waals surface area (Å²) in [6.07, 6.45) is 3.91. The van der Waals surface area contributed by atoms with Gasteiger partial charge in [-0.3, -0.25) is 0 Å². The number of carbonyl (C=O) groups is 4. The molecule has 3 aromatic rings. The molecule has 0 atom stereocenters. The zero-order chi connectivity index (χ0) is 24.8. The highest BCUT2D eigenvalue weighted by atomic mass is 16.6. The molecule has 3 rings (SSSR count). The van der Waals surface area contributed by atoms with E-state index in [1.54, 1.807) is 12.1 Å².